The summed E-state index contributed by atoms with van der Waals surface area (Å²) in [6.07, 6.45) is -4.15. The van der Waals surface area contributed by atoms with Crippen LogP contribution in [0.15, 0.2) is 77.9 Å². The second kappa shape index (κ2) is 12.9. The Balaban J connectivity index is 1.65. The van der Waals surface area contributed by atoms with Crippen molar-refractivity contribution in [1.29, 1.82) is 0 Å². The minimum atomic E-state index is -4.53. The standard InChI is InChI=1S/C30H30F3N3O5/c1-39-16-15-35(29(38)20-11-13-22(14-12-20)30(31,32)33)19-28(37)36-26(24-9-4-5-10-27(24)41-3)18-25(34-36)21-7-6-8-23(17-21)40-2/h4-14,17,26H,15-16,18-19H2,1-3H3/t26-/m0/s1. The summed E-state index contributed by atoms with van der Waals surface area (Å²) < 4.78 is 55.1. The predicted octanol–water partition coefficient (Wildman–Crippen LogP) is 5.19. The molecule has 0 spiro atoms. The van der Waals surface area contributed by atoms with Crippen molar-refractivity contribution in [3.05, 3.63) is 95.1 Å². The van der Waals surface area contributed by atoms with Crippen molar-refractivity contribution < 1.29 is 37.0 Å². The molecule has 2 amide bonds. The van der Waals surface area contributed by atoms with Crippen molar-refractivity contribution >= 4 is 17.5 Å². The van der Waals surface area contributed by atoms with Crippen LogP contribution in [-0.2, 0) is 15.7 Å². The Morgan fingerprint density at radius 2 is 1.71 bits per heavy atom. The van der Waals surface area contributed by atoms with Gasteiger partial charge in [0.15, 0.2) is 0 Å². The highest BCUT2D eigenvalue weighted by Crippen LogP contribution is 2.38. The molecular weight excluding hydrogens is 539 g/mol. The average Bonchev–Trinajstić information content (AvgIpc) is 3.44. The molecule has 0 saturated carbocycles. The summed E-state index contributed by atoms with van der Waals surface area (Å²) in [5.74, 6) is 0.135. The second-order valence-corrected chi connectivity index (χ2v) is 9.27. The number of hydrogen-bond acceptors (Lipinski definition) is 6. The largest absolute Gasteiger partial charge is 0.497 e. The fourth-order valence-electron chi connectivity index (χ4n) is 4.58. The van der Waals surface area contributed by atoms with Crippen molar-refractivity contribution in [2.24, 2.45) is 5.10 Å². The maximum Gasteiger partial charge on any atom is 0.416 e. The van der Waals surface area contributed by atoms with E-state index in [0.29, 0.717) is 23.6 Å². The topological polar surface area (TPSA) is 80.7 Å². The molecular formula is C30H30F3N3O5. The number of benzene rings is 3. The summed E-state index contributed by atoms with van der Waals surface area (Å²) in [5.41, 5.74) is 1.31. The van der Waals surface area contributed by atoms with Gasteiger partial charge in [0.1, 0.15) is 18.0 Å². The van der Waals surface area contributed by atoms with Gasteiger partial charge in [0.05, 0.1) is 38.1 Å². The number of para-hydroxylation sites is 1. The average molecular weight is 570 g/mol. The Hall–Kier alpha value is -4.38. The Labute approximate surface area is 235 Å². The van der Waals surface area contributed by atoms with Crippen LogP contribution in [0.1, 0.15) is 39.5 Å². The molecule has 0 aliphatic carbocycles. The molecule has 0 aromatic heterocycles. The van der Waals surface area contributed by atoms with Crippen LogP contribution in [-0.4, -0.2) is 68.5 Å². The predicted molar refractivity (Wildman–Crippen MR) is 146 cm³/mol. The Morgan fingerprint density at radius 3 is 2.37 bits per heavy atom. The first-order chi connectivity index (χ1) is 19.7. The van der Waals surface area contributed by atoms with Crippen LogP contribution in [0.3, 0.4) is 0 Å². The fourth-order valence-corrected chi connectivity index (χ4v) is 4.58. The van der Waals surface area contributed by atoms with Crippen molar-refractivity contribution in [3.63, 3.8) is 0 Å². The molecule has 0 N–H and O–H groups in total. The van der Waals surface area contributed by atoms with Crippen LogP contribution < -0.4 is 9.47 Å². The zero-order valence-electron chi connectivity index (χ0n) is 22.9. The summed E-state index contributed by atoms with van der Waals surface area (Å²) in [6, 6.07) is 18.0. The van der Waals surface area contributed by atoms with Gasteiger partial charge in [0.25, 0.3) is 11.8 Å². The summed E-state index contributed by atoms with van der Waals surface area (Å²) in [6.45, 7) is -0.209. The van der Waals surface area contributed by atoms with E-state index in [4.69, 9.17) is 14.2 Å². The lowest BCUT2D eigenvalue weighted by Gasteiger charge is -2.27. The van der Waals surface area contributed by atoms with E-state index in [1.807, 2.05) is 36.4 Å². The monoisotopic (exact) mass is 569 g/mol. The van der Waals surface area contributed by atoms with Gasteiger partial charge in [-0.2, -0.15) is 18.3 Å². The van der Waals surface area contributed by atoms with Crippen LogP contribution in [0.2, 0.25) is 0 Å². The number of methoxy groups -OCH3 is 3. The summed E-state index contributed by atoms with van der Waals surface area (Å²) in [4.78, 5) is 28.4. The van der Waals surface area contributed by atoms with Crippen LogP contribution in [0.25, 0.3) is 0 Å². The van der Waals surface area contributed by atoms with E-state index in [0.717, 1.165) is 35.4 Å². The van der Waals surface area contributed by atoms with Crippen molar-refractivity contribution in [3.8, 4) is 11.5 Å². The van der Waals surface area contributed by atoms with Gasteiger partial charge < -0.3 is 19.1 Å². The molecule has 0 unspecified atom stereocenters. The van der Waals surface area contributed by atoms with Gasteiger partial charge in [-0.25, -0.2) is 5.01 Å². The highest BCUT2D eigenvalue weighted by atomic mass is 19.4. The molecule has 0 radical (unpaired) electrons. The number of nitrogens with zero attached hydrogens (tertiary/aromatic N) is 3. The summed E-state index contributed by atoms with van der Waals surface area (Å²) in [7, 11) is 4.55. The number of hydrogen-bond donors (Lipinski definition) is 0. The molecule has 3 aromatic carbocycles. The van der Waals surface area contributed by atoms with Gasteiger partial charge in [0, 0.05) is 36.8 Å². The normalized spacial score (nSPS) is 14.9. The number of hydrazone groups is 1. The highest BCUT2D eigenvalue weighted by Gasteiger charge is 2.36. The van der Waals surface area contributed by atoms with Crippen molar-refractivity contribution in [1.82, 2.24) is 9.91 Å². The first-order valence-corrected chi connectivity index (χ1v) is 12.8. The molecule has 41 heavy (non-hydrogen) atoms. The first-order valence-electron chi connectivity index (χ1n) is 12.8. The molecule has 0 fully saturated rings. The van der Waals surface area contributed by atoms with E-state index >= 15 is 0 Å². The van der Waals surface area contributed by atoms with Crippen molar-refractivity contribution in [2.75, 3.05) is 41.0 Å². The molecule has 11 heteroatoms. The SMILES string of the molecule is COCCN(CC(=O)N1N=C(c2cccc(OC)c2)C[C@H]1c1ccccc1OC)C(=O)c1ccc(C(F)(F)F)cc1. The van der Waals surface area contributed by atoms with Crippen LogP contribution in [0.5, 0.6) is 11.5 Å². The number of rotatable bonds is 10. The third-order valence-electron chi connectivity index (χ3n) is 6.70. The molecule has 3 aromatic rings. The molecule has 0 saturated heterocycles. The van der Waals surface area contributed by atoms with Gasteiger partial charge in [0.2, 0.25) is 0 Å². The maximum atomic E-state index is 13.8. The minimum absolute atomic E-state index is 0.0187. The molecule has 8 nitrogen and oxygen atoms in total. The number of amides is 2. The molecule has 0 bridgehead atoms. The fraction of sp³-hybridized carbons (Fsp3) is 0.300. The lowest BCUT2D eigenvalue weighted by molar-refractivity contribution is -0.137. The second-order valence-electron chi connectivity index (χ2n) is 9.27. The highest BCUT2D eigenvalue weighted by molar-refractivity contribution is 6.04. The molecule has 1 heterocycles. The van der Waals surface area contributed by atoms with Gasteiger partial charge in [-0.1, -0.05) is 30.3 Å². The number of alkyl halides is 3. The third-order valence-corrected chi connectivity index (χ3v) is 6.70. The van der Waals surface area contributed by atoms with Crippen LogP contribution in [0.4, 0.5) is 13.2 Å². The van der Waals surface area contributed by atoms with Gasteiger partial charge in [-0.3, -0.25) is 9.59 Å². The zero-order valence-corrected chi connectivity index (χ0v) is 22.9. The summed E-state index contributed by atoms with van der Waals surface area (Å²) in [5, 5.41) is 6.01. The van der Waals surface area contributed by atoms with Gasteiger partial charge in [-0.15, -0.1) is 0 Å². The third kappa shape index (κ3) is 6.86. The first kappa shape index (κ1) is 29.6. The van der Waals surface area contributed by atoms with Crippen LogP contribution >= 0.6 is 0 Å². The molecule has 1 aliphatic heterocycles. The van der Waals surface area contributed by atoms with Crippen LogP contribution in [0, 0.1) is 0 Å². The van der Waals surface area contributed by atoms with E-state index in [1.165, 1.54) is 17.0 Å². The van der Waals surface area contributed by atoms with E-state index in [-0.39, 0.29) is 25.3 Å². The van der Waals surface area contributed by atoms with E-state index < -0.39 is 29.6 Å². The Kier molecular flexibility index (Phi) is 9.28. The molecule has 1 aliphatic rings. The Morgan fingerprint density at radius 1 is 0.976 bits per heavy atom. The smallest absolute Gasteiger partial charge is 0.416 e. The number of halogens is 3. The maximum absolute atomic E-state index is 13.8. The molecule has 4 rings (SSSR count). The lowest BCUT2D eigenvalue weighted by Crippen LogP contribution is -2.42. The number of ether oxygens (including phenoxy) is 3. The van der Waals surface area contributed by atoms with E-state index in [2.05, 4.69) is 5.10 Å². The van der Waals surface area contributed by atoms with E-state index in [9.17, 15) is 22.8 Å². The van der Waals surface area contributed by atoms with Gasteiger partial charge in [-0.05, 0) is 42.5 Å². The quantitative estimate of drug-likeness (QED) is 0.336. The Bertz CT molecular complexity index is 1410. The zero-order chi connectivity index (χ0) is 29.6. The number of carbonyl (C=O) groups excluding carboxylic acids is 2. The molecule has 216 valence electrons. The summed E-state index contributed by atoms with van der Waals surface area (Å²) >= 11 is 0. The molecule has 1 atom stereocenters. The number of carbonyl (C=O) groups is 2. The van der Waals surface area contributed by atoms with Gasteiger partial charge >= 0.3 is 6.18 Å². The lowest BCUT2D eigenvalue weighted by atomic mass is 9.97. The van der Waals surface area contributed by atoms with E-state index in [1.54, 1.807) is 26.4 Å². The minimum Gasteiger partial charge on any atom is -0.497 e. The van der Waals surface area contributed by atoms with Crippen molar-refractivity contribution in [2.45, 2.75) is 18.6 Å².